The third-order valence-corrected chi connectivity index (χ3v) is 3.49. The third kappa shape index (κ3) is 2.54. The number of nitrogens with two attached hydrogens (primary N) is 1. The van der Waals surface area contributed by atoms with Gasteiger partial charge in [-0.2, -0.15) is 0 Å². The quantitative estimate of drug-likeness (QED) is 0.866. The first kappa shape index (κ1) is 11.8. The van der Waals surface area contributed by atoms with E-state index in [1.54, 1.807) is 6.07 Å². The van der Waals surface area contributed by atoms with Gasteiger partial charge in [0.25, 0.3) is 0 Å². The Morgan fingerprint density at radius 1 is 1.38 bits per heavy atom. The fraction of sp³-hybridized carbons (Fsp3) is 0.500. The number of ether oxygens (including phenoxy) is 1. The molecule has 1 fully saturated rings. The van der Waals surface area contributed by atoms with Crippen LogP contribution < -0.4 is 5.73 Å². The highest BCUT2D eigenvalue weighted by Crippen LogP contribution is 2.27. The van der Waals surface area contributed by atoms with Gasteiger partial charge in [0.15, 0.2) is 0 Å². The Balaban J connectivity index is 2.16. The molecule has 0 aliphatic carbocycles. The first-order chi connectivity index (χ1) is 7.61. The van der Waals surface area contributed by atoms with E-state index in [-0.39, 0.29) is 16.4 Å². The van der Waals surface area contributed by atoms with Crippen LogP contribution in [-0.4, -0.2) is 18.8 Å². The molecule has 0 aromatic heterocycles. The molecule has 0 amide bonds. The molecule has 0 atom stereocenters. The van der Waals surface area contributed by atoms with E-state index >= 15 is 0 Å². The second-order valence-electron chi connectivity index (χ2n) is 4.36. The van der Waals surface area contributed by atoms with Crippen molar-refractivity contribution in [2.24, 2.45) is 5.73 Å². The van der Waals surface area contributed by atoms with Gasteiger partial charge in [-0.25, -0.2) is 4.39 Å². The normalized spacial score (nSPS) is 19.7. The van der Waals surface area contributed by atoms with Crippen molar-refractivity contribution in [2.45, 2.75) is 24.8 Å². The summed E-state index contributed by atoms with van der Waals surface area (Å²) in [5.41, 5.74) is 6.72. The Morgan fingerprint density at radius 3 is 2.75 bits per heavy atom. The highest BCUT2D eigenvalue weighted by Gasteiger charge is 2.29. The monoisotopic (exact) mass is 243 g/mol. The number of rotatable bonds is 2. The summed E-state index contributed by atoms with van der Waals surface area (Å²) in [6, 6.07) is 4.85. The second-order valence-corrected chi connectivity index (χ2v) is 4.74. The van der Waals surface area contributed by atoms with Crippen molar-refractivity contribution < 1.29 is 9.13 Å². The highest BCUT2D eigenvalue weighted by molar-refractivity contribution is 6.31. The van der Waals surface area contributed by atoms with Crippen molar-refractivity contribution in [3.8, 4) is 0 Å². The molecule has 4 heteroatoms. The van der Waals surface area contributed by atoms with E-state index in [4.69, 9.17) is 22.1 Å². The van der Waals surface area contributed by atoms with Crippen LogP contribution in [0.2, 0.25) is 5.02 Å². The average molecular weight is 244 g/mol. The van der Waals surface area contributed by atoms with E-state index in [0.717, 1.165) is 18.4 Å². The summed E-state index contributed by atoms with van der Waals surface area (Å²) < 4.78 is 18.5. The minimum Gasteiger partial charge on any atom is -0.381 e. The van der Waals surface area contributed by atoms with Crippen LogP contribution in [0, 0.1) is 5.82 Å². The molecule has 1 heterocycles. The minimum atomic E-state index is -0.380. The van der Waals surface area contributed by atoms with Crippen LogP contribution >= 0.6 is 11.6 Å². The molecule has 16 heavy (non-hydrogen) atoms. The van der Waals surface area contributed by atoms with Gasteiger partial charge in [-0.15, -0.1) is 0 Å². The molecule has 0 spiro atoms. The van der Waals surface area contributed by atoms with Crippen molar-refractivity contribution in [3.63, 3.8) is 0 Å². The molecule has 1 aromatic rings. The zero-order valence-electron chi connectivity index (χ0n) is 9.01. The minimum absolute atomic E-state index is 0.193. The van der Waals surface area contributed by atoms with E-state index in [1.165, 1.54) is 6.07 Å². The first-order valence-electron chi connectivity index (χ1n) is 5.40. The third-order valence-electron chi connectivity index (χ3n) is 3.06. The van der Waals surface area contributed by atoms with Crippen molar-refractivity contribution >= 4 is 11.6 Å². The average Bonchev–Trinajstić information content (AvgIpc) is 2.26. The smallest absolute Gasteiger partial charge is 0.142 e. The molecule has 0 saturated carbocycles. The fourth-order valence-corrected chi connectivity index (χ4v) is 2.21. The molecule has 2 rings (SSSR count). The summed E-state index contributed by atoms with van der Waals surface area (Å²) in [5.74, 6) is -0.380. The van der Waals surface area contributed by atoms with Crippen LogP contribution in [0.5, 0.6) is 0 Å². The number of halogens is 2. The van der Waals surface area contributed by atoms with E-state index in [9.17, 15) is 4.39 Å². The molecule has 0 radical (unpaired) electrons. The van der Waals surface area contributed by atoms with Crippen LogP contribution in [0.3, 0.4) is 0 Å². The lowest BCUT2D eigenvalue weighted by Crippen LogP contribution is -2.47. The zero-order valence-corrected chi connectivity index (χ0v) is 9.77. The number of hydrogen-bond donors (Lipinski definition) is 1. The lowest BCUT2D eigenvalue weighted by atomic mass is 9.85. The van der Waals surface area contributed by atoms with Gasteiger partial charge in [-0.1, -0.05) is 23.7 Å². The Kier molecular flexibility index (Phi) is 3.47. The van der Waals surface area contributed by atoms with Gasteiger partial charge in [0, 0.05) is 18.8 Å². The van der Waals surface area contributed by atoms with Crippen LogP contribution in [-0.2, 0) is 11.2 Å². The summed E-state index contributed by atoms with van der Waals surface area (Å²) in [4.78, 5) is 0. The lowest BCUT2D eigenvalue weighted by molar-refractivity contribution is 0.0533. The van der Waals surface area contributed by atoms with Crippen LogP contribution in [0.15, 0.2) is 18.2 Å². The molecule has 2 nitrogen and oxygen atoms in total. The van der Waals surface area contributed by atoms with Gasteiger partial charge in [-0.3, -0.25) is 0 Å². The van der Waals surface area contributed by atoms with Crippen molar-refractivity contribution in [2.75, 3.05) is 13.2 Å². The number of benzene rings is 1. The predicted molar refractivity (Wildman–Crippen MR) is 62.1 cm³/mol. The maximum Gasteiger partial charge on any atom is 0.142 e. The van der Waals surface area contributed by atoms with Gasteiger partial charge in [0.2, 0.25) is 0 Å². The highest BCUT2D eigenvalue weighted by atomic mass is 35.5. The van der Waals surface area contributed by atoms with Gasteiger partial charge in [0.05, 0.1) is 5.02 Å². The SMILES string of the molecule is NC1(Cc2cccc(F)c2Cl)CCOCC1. The molecular weight excluding hydrogens is 229 g/mol. The fourth-order valence-electron chi connectivity index (χ4n) is 2.02. The molecular formula is C12H15ClFNO. The Morgan fingerprint density at radius 2 is 2.06 bits per heavy atom. The van der Waals surface area contributed by atoms with Crippen molar-refractivity contribution in [1.82, 2.24) is 0 Å². The largest absolute Gasteiger partial charge is 0.381 e. The maximum atomic E-state index is 13.3. The van der Waals surface area contributed by atoms with Crippen molar-refractivity contribution in [1.29, 1.82) is 0 Å². The molecule has 1 aliphatic rings. The van der Waals surface area contributed by atoms with Crippen LogP contribution in [0.4, 0.5) is 4.39 Å². The van der Waals surface area contributed by atoms with E-state index in [0.29, 0.717) is 19.6 Å². The topological polar surface area (TPSA) is 35.2 Å². The molecule has 2 N–H and O–H groups in total. The maximum absolute atomic E-state index is 13.3. The summed E-state index contributed by atoms with van der Waals surface area (Å²) in [6.45, 7) is 1.34. The summed E-state index contributed by atoms with van der Waals surface area (Å²) in [7, 11) is 0. The van der Waals surface area contributed by atoms with Gasteiger partial charge >= 0.3 is 0 Å². The lowest BCUT2D eigenvalue weighted by Gasteiger charge is -2.33. The Labute approximate surface area is 99.5 Å². The molecule has 1 aliphatic heterocycles. The van der Waals surface area contributed by atoms with Gasteiger partial charge < -0.3 is 10.5 Å². The van der Waals surface area contributed by atoms with Crippen LogP contribution in [0.1, 0.15) is 18.4 Å². The van der Waals surface area contributed by atoms with Gasteiger partial charge in [-0.05, 0) is 30.9 Å². The second kappa shape index (κ2) is 4.70. The first-order valence-corrected chi connectivity index (χ1v) is 5.78. The predicted octanol–water partition coefficient (Wildman–Crippen LogP) is 2.53. The van der Waals surface area contributed by atoms with E-state index < -0.39 is 0 Å². The summed E-state index contributed by atoms with van der Waals surface area (Å²) >= 11 is 5.91. The molecule has 0 unspecified atom stereocenters. The van der Waals surface area contributed by atoms with E-state index in [1.807, 2.05) is 6.07 Å². The van der Waals surface area contributed by atoms with Crippen molar-refractivity contribution in [3.05, 3.63) is 34.6 Å². The molecule has 88 valence electrons. The summed E-state index contributed by atoms with van der Waals surface area (Å²) in [5, 5.41) is 0.193. The van der Waals surface area contributed by atoms with Crippen LogP contribution in [0.25, 0.3) is 0 Å². The zero-order chi connectivity index (χ0) is 11.6. The number of hydrogen-bond acceptors (Lipinski definition) is 2. The molecule has 0 bridgehead atoms. The standard InChI is InChI=1S/C12H15ClFNO/c13-11-9(2-1-3-10(11)14)8-12(15)4-6-16-7-5-12/h1-3H,4-8,15H2. The van der Waals surface area contributed by atoms with Gasteiger partial charge in [0.1, 0.15) is 5.82 Å². The molecule has 1 aromatic carbocycles. The van der Waals surface area contributed by atoms with E-state index in [2.05, 4.69) is 0 Å². The Bertz CT molecular complexity index is 377. The molecule has 1 saturated heterocycles. The summed E-state index contributed by atoms with van der Waals surface area (Å²) in [6.07, 6.45) is 2.19. The Hall–Kier alpha value is -0.640.